The van der Waals surface area contributed by atoms with Gasteiger partial charge in [0.15, 0.2) is 11.5 Å². The summed E-state index contributed by atoms with van der Waals surface area (Å²) < 4.78 is 42.3. The van der Waals surface area contributed by atoms with E-state index in [1.807, 2.05) is 0 Å². The number of esters is 1. The average Bonchev–Trinajstić information content (AvgIpc) is 3.17. The van der Waals surface area contributed by atoms with Gasteiger partial charge in [-0.1, -0.05) is 0 Å². The molecule has 0 radical (unpaired) electrons. The van der Waals surface area contributed by atoms with E-state index in [1.54, 1.807) is 18.2 Å². The molecule has 9 heteroatoms. The van der Waals surface area contributed by atoms with Crippen molar-refractivity contribution in [3.8, 4) is 11.5 Å². The van der Waals surface area contributed by atoms with E-state index in [-0.39, 0.29) is 25.3 Å². The Morgan fingerprint density at radius 1 is 1.17 bits per heavy atom. The van der Waals surface area contributed by atoms with Crippen molar-refractivity contribution in [2.24, 2.45) is 0 Å². The van der Waals surface area contributed by atoms with Crippen molar-refractivity contribution in [3.63, 3.8) is 0 Å². The zero-order valence-corrected chi connectivity index (χ0v) is 13.5. The first-order valence-corrected chi connectivity index (χ1v) is 8.48. The quantitative estimate of drug-likeness (QED) is 0.584. The van der Waals surface area contributed by atoms with Crippen LogP contribution in [0, 0.1) is 0 Å². The number of carbonyl (C=O) groups excluding carboxylic acids is 1. The highest BCUT2D eigenvalue weighted by molar-refractivity contribution is 7.53. The van der Waals surface area contributed by atoms with E-state index in [9.17, 15) is 9.36 Å². The Balaban J connectivity index is 1.68. The van der Waals surface area contributed by atoms with Gasteiger partial charge in [-0.05, 0) is 12.1 Å². The lowest BCUT2D eigenvalue weighted by Crippen LogP contribution is -2.09. The minimum absolute atomic E-state index is 0.0355. The maximum absolute atomic E-state index is 12.0. The molecule has 3 rings (SSSR count). The lowest BCUT2D eigenvalue weighted by molar-refractivity contribution is 0.0490. The largest absolute Gasteiger partial charge is 0.459 e. The Morgan fingerprint density at radius 3 is 2.57 bits per heavy atom. The summed E-state index contributed by atoms with van der Waals surface area (Å²) in [4.78, 5) is 12.0. The van der Waals surface area contributed by atoms with Crippen LogP contribution in [0.1, 0.15) is 10.6 Å². The third-order valence-corrected chi connectivity index (χ3v) is 5.21. The molecule has 0 atom stereocenters. The molecule has 1 aromatic carbocycles. The van der Waals surface area contributed by atoms with Crippen LogP contribution < -0.4 is 9.47 Å². The van der Waals surface area contributed by atoms with Crippen molar-refractivity contribution >= 4 is 24.5 Å². The molecule has 0 spiro atoms. The van der Waals surface area contributed by atoms with Gasteiger partial charge in [-0.25, -0.2) is 4.79 Å². The highest BCUT2D eigenvalue weighted by Crippen LogP contribution is 2.45. The van der Waals surface area contributed by atoms with Gasteiger partial charge in [-0.15, -0.1) is 0 Å². The molecule has 0 saturated heterocycles. The molecule has 0 unspecified atom stereocenters. The van der Waals surface area contributed by atoms with Crippen molar-refractivity contribution in [2.45, 2.75) is 0 Å². The van der Waals surface area contributed by atoms with Crippen molar-refractivity contribution < 1.29 is 37.0 Å². The molecular formula is C14H15O8P. The number of hydrogen-bond acceptors (Lipinski definition) is 8. The van der Waals surface area contributed by atoms with Crippen molar-refractivity contribution in [2.75, 3.05) is 33.8 Å². The zero-order valence-electron chi connectivity index (χ0n) is 12.6. The highest BCUT2D eigenvalue weighted by Gasteiger charge is 2.23. The molecule has 0 saturated carbocycles. The van der Waals surface area contributed by atoms with Crippen LogP contribution in [-0.4, -0.2) is 39.8 Å². The van der Waals surface area contributed by atoms with Gasteiger partial charge in [0.1, 0.15) is 12.2 Å². The molecule has 8 nitrogen and oxygen atoms in total. The van der Waals surface area contributed by atoms with Crippen molar-refractivity contribution in [3.05, 3.63) is 24.0 Å². The summed E-state index contributed by atoms with van der Waals surface area (Å²) in [5, 5.41) is 0.695. The summed E-state index contributed by atoms with van der Waals surface area (Å²) in [6.45, 7) is 0.0491. The Morgan fingerprint density at radius 2 is 1.87 bits per heavy atom. The minimum atomic E-state index is -3.21. The minimum Gasteiger partial charge on any atom is -0.459 e. The predicted molar refractivity (Wildman–Crippen MR) is 79.1 cm³/mol. The molecule has 2 aromatic rings. The second kappa shape index (κ2) is 6.23. The fraction of sp³-hybridized carbons (Fsp3) is 0.357. The van der Waals surface area contributed by atoms with Gasteiger partial charge in [0, 0.05) is 25.7 Å². The van der Waals surface area contributed by atoms with Gasteiger partial charge in [0.05, 0.1) is 6.16 Å². The molecule has 23 heavy (non-hydrogen) atoms. The molecule has 2 heterocycles. The fourth-order valence-electron chi connectivity index (χ4n) is 2.11. The highest BCUT2D eigenvalue weighted by atomic mass is 31.2. The molecular weight excluding hydrogens is 327 g/mol. The monoisotopic (exact) mass is 342 g/mol. The summed E-state index contributed by atoms with van der Waals surface area (Å²) in [5.41, 5.74) is 0.487. The summed E-state index contributed by atoms with van der Waals surface area (Å²) >= 11 is 0. The van der Waals surface area contributed by atoms with Gasteiger partial charge < -0.3 is 27.7 Å². The van der Waals surface area contributed by atoms with Crippen LogP contribution in [0.4, 0.5) is 0 Å². The summed E-state index contributed by atoms with van der Waals surface area (Å²) in [5.74, 6) is 0.530. The van der Waals surface area contributed by atoms with Gasteiger partial charge in [-0.2, -0.15) is 0 Å². The summed E-state index contributed by atoms with van der Waals surface area (Å²) in [7, 11) is -0.663. The maximum Gasteiger partial charge on any atom is 0.374 e. The van der Waals surface area contributed by atoms with E-state index in [1.165, 1.54) is 14.2 Å². The first-order valence-electron chi connectivity index (χ1n) is 6.75. The van der Waals surface area contributed by atoms with Gasteiger partial charge in [-0.3, -0.25) is 4.57 Å². The SMILES string of the molecule is COP(=O)(CCOC(=O)c1cc2cc3c(cc2o1)OCO3)OC. The number of carbonyl (C=O) groups is 1. The lowest BCUT2D eigenvalue weighted by Gasteiger charge is -2.12. The second-order valence-corrected chi connectivity index (χ2v) is 7.09. The van der Waals surface area contributed by atoms with Gasteiger partial charge in [0.2, 0.25) is 12.6 Å². The lowest BCUT2D eigenvalue weighted by atomic mass is 10.2. The predicted octanol–water partition coefficient (Wildman–Crippen LogP) is 2.80. The van der Waals surface area contributed by atoms with Crippen LogP contribution in [0.25, 0.3) is 11.0 Å². The number of rotatable bonds is 6. The molecule has 1 aliphatic heterocycles. The first-order chi connectivity index (χ1) is 11.0. The van der Waals surface area contributed by atoms with Crippen LogP contribution in [0.5, 0.6) is 11.5 Å². The smallest absolute Gasteiger partial charge is 0.374 e. The van der Waals surface area contributed by atoms with Gasteiger partial charge >= 0.3 is 13.6 Å². The summed E-state index contributed by atoms with van der Waals surface area (Å²) in [6.07, 6.45) is -0.0397. The van der Waals surface area contributed by atoms with Crippen molar-refractivity contribution in [1.82, 2.24) is 0 Å². The number of fused-ring (bicyclic) bond motifs is 2. The molecule has 124 valence electrons. The van der Waals surface area contributed by atoms with Crippen molar-refractivity contribution in [1.29, 1.82) is 0 Å². The first kappa shape index (κ1) is 15.9. The van der Waals surface area contributed by atoms with Crippen LogP contribution >= 0.6 is 7.60 Å². The Hall–Kier alpha value is -2.02. The van der Waals surface area contributed by atoms with E-state index < -0.39 is 13.6 Å². The van der Waals surface area contributed by atoms with E-state index in [2.05, 4.69) is 0 Å². The Labute approximate surface area is 131 Å². The number of benzene rings is 1. The third kappa shape index (κ3) is 3.19. The van der Waals surface area contributed by atoms with Crippen LogP contribution in [-0.2, 0) is 18.3 Å². The van der Waals surface area contributed by atoms with E-state index in [4.69, 9.17) is 27.7 Å². The molecule has 0 bridgehead atoms. The maximum atomic E-state index is 12.0. The average molecular weight is 342 g/mol. The molecule has 1 aliphatic rings. The van der Waals surface area contributed by atoms with Gasteiger partial charge in [0.25, 0.3) is 0 Å². The Kier molecular flexibility index (Phi) is 4.30. The zero-order chi connectivity index (χ0) is 16.4. The Bertz CT molecular complexity index is 731. The third-order valence-electron chi connectivity index (χ3n) is 3.37. The van der Waals surface area contributed by atoms with Crippen LogP contribution in [0.15, 0.2) is 22.6 Å². The topological polar surface area (TPSA) is 93.4 Å². The molecule has 0 N–H and O–H groups in total. The second-order valence-electron chi connectivity index (χ2n) is 4.69. The van der Waals surface area contributed by atoms with E-state index in [0.29, 0.717) is 22.5 Å². The van der Waals surface area contributed by atoms with E-state index in [0.717, 1.165) is 0 Å². The molecule has 0 aliphatic carbocycles. The number of hydrogen-bond donors (Lipinski definition) is 0. The number of ether oxygens (including phenoxy) is 3. The standard InChI is InChI=1S/C14H15O8P/c1-17-23(16,18-2)4-3-19-14(15)13-6-9-5-11-12(21-8-20-11)7-10(9)22-13/h5-7H,3-4,8H2,1-2H3. The molecule has 0 amide bonds. The van der Waals surface area contributed by atoms with Crippen LogP contribution in [0.3, 0.4) is 0 Å². The van der Waals surface area contributed by atoms with Crippen LogP contribution in [0.2, 0.25) is 0 Å². The molecule has 0 fully saturated rings. The van der Waals surface area contributed by atoms with E-state index >= 15 is 0 Å². The summed E-state index contributed by atoms with van der Waals surface area (Å²) in [6, 6.07) is 4.92. The fourth-order valence-corrected chi connectivity index (χ4v) is 2.94. The number of furan rings is 1. The molecule has 1 aromatic heterocycles. The normalized spacial score (nSPS) is 13.5.